The number of thiocarbonyl (C=S) groups is 1. The predicted octanol–water partition coefficient (Wildman–Crippen LogP) is 4.05. The van der Waals surface area contributed by atoms with Crippen LogP contribution in [-0.4, -0.2) is 32.4 Å². The molecule has 1 aliphatic heterocycles. The van der Waals surface area contributed by atoms with Crippen molar-refractivity contribution in [3.05, 3.63) is 65.7 Å². The molecule has 0 unspecified atom stereocenters. The molecule has 1 saturated heterocycles. The number of aliphatic hydroxyl groups is 1. The van der Waals surface area contributed by atoms with Crippen LogP contribution in [0.25, 0.3) is 0 Å². The Morgan fingerprint density at radius 2 is 1.76 bits per heavy atom. The van der Waals surface area contributed by atoms with Gasteiger partial charge in [0, 0.05) is 6.54 Å². The number of nitrogens with zero attached hydrogens (tertiary/aromatic N) is 1. The normalized spacial score (nSPS) is 20.3. The molecule has 0 spiro atoms. The molecule has 0 aromatic heterocycles. The molecule has 0 radical (unpaired) electrons. The van der Waals surface area contributed by atoms with E-state index in [0.29, 0.717) is 17.3 Å². The second-order valence-corrected chi connectivity index (χ2v) is 7.55. The lowest BCUT2D eigenvalue weighted by Gasteiger charge is -2.24. The maximum absolute atomic E-state index is 12.2. The molecule has 132 valence electrons. The van der Waals surface area contributed by atoms with Crippen LogP contribution >= 0.6 is 24.0 Å². The fraction of sp³-hybridized carbons (Fsp3) is 0.278. The van der Waals surface area contributed by atoms with E-state index in [0.717, 1.165) is 11.1 Å². The van der Waals surface area contributed by atoms with E-state index in [1.54, 1.807) is 12.1 Å². The highest BCUT2D eigenvalue weighted by Crippen LogP contribution is 2.34. The van der Waals surface area contributed by atoms with Crippen molar-refractivity contribution >= 4 is 28.3 Å². The highest BCUT2D eigenvalue weighted by atomic mass is 32.2. The second kappa shape index (κ2) is 8.12. The molecule has 2 aromatic rings. The minimum absolute atomic E-state index is 0.0990. The molecule has 7 heteroatoms. The summed E-state index contributed by atoms with van der Waals surface area (Å²) in [6.07, 6.45) is -0.0960. The number of hydrogen-bond donors (Lipinski definition) is 1. The first-order valence-electron chi connectivity index (χ1n) is 7.76. The van der Waals surface area contributed by atoms with Crippen LogP contribution in [0, 0.1) is 0 Å². The summed E-state index contributed by atoms with van der Waals surface area (Å²) in [6, 6.07) is 16.3. The van der Waals surface area contributed by atoms with Gasteiger partial charge in [0.1, 0.15) is 16.3 Å². The summed E-state index contributed by atoms with van der Waals surface area (Å²) in [4.78, 5) is 1.81. The Morgan fingerprint density at radius 1 is 1.08 bits per heavy atom. The number of halogens is 2. The summed E-state index contributed by atoms with van der Waals surface area (Å²) in [6.45, 7) is -2.27. The average Bonchev–Trinajstić information content (AvgIpc) is 2.85. The molecule has 0 amide bonds. The topological polar surface area (TPSA) is 32.7 Å². The summed E-state index contributed by atoms with van der Waals surface area (Å²) in [5, 5.41) is 10.5. The first-order chi connectivity index (χ1) is 12.0. The fourth-order valence-corrected chi connectivity index (χ4v) is 4.35. The summed E-state index contributed by atoms with van der Waals surface area (Å²) < 4.78 is 29.4. The van der Waals surface area contributed by atoms with Crippen LogP contribution in [0.4, 0.5) is 8.78 Å². The van der Waals surface area contributed by atoms with Crippen molar-refractivity contribution in [2.24, 2.45) is 0 Å². The highest BCUT2D eigenvalue weighted by molar-refractivity contribution is 8.23. The van der Waals surface area contributed by atoms with Gasteiger partial charge >= 0.3 is 6.61 Å². The number of aliphatic hydroxyl groups excluding tert-OH is 1. The van der Waals surface area contributed by atoms with Crippen molar-refractivity contribution in [1.82, 2.24) is 4.90 Å². The van der Waals surface area contributed by atoms with E-state index < -0.39 is 12.8 Å². The van der Waals surface area contributed by atoms with Gasteiger partial charge in [0.2, 0.25) is 0 Å². The second-order valence-electron chi connectivity index (χ2n) is 5.68. The number of alkyl halides is 2. The zero-order chi connectivity index (χ0) is 17.8. The zero-order valence-corrected chi connectivity index (χ0v) is 14.9. The number of hydrogen-bond acceptors (Lipinski definition) is 4. The molecule has 1 heterocycles. The number of benzene rings is 2. The van der Waals surface area contributed by atoms with Crippen LogP contribution in [0.15, 0.2) is 54.6 Å². The quantitative estimate of drug-likeness (QED) is 0.764. The van der Waals surface area contributed by atoms with Gasteiger partial charge in [-0.3, -0.25) is 0 Å². The first-order valence-corrected chi connectivity index (χ1v) is 9.05. The van der Waals surface area contributed by atoms with Gasteiger partial charge in [-0.15, -0.1) is 0 Å². The molecule has 0 saturated carbocycles. The van der Waals surface area contributed by atoms with E-state index in [4.69, 9.17) is 12.2 Å². The Balaban J connectivity index is 1.62. The van der Waals surface area contributed by atoms with E-state index in [9.17, 15) is 13.9 Å². The molecule has 2 atom stereocenters. The van der Waals surface area contributed by atoms with Gasteiger partial charge in [-0.2, -0.15) is 8.78 Å². The minimum Gasteiger partial charge on any atom is -0.435 e. The SMILES string of the molecule is O[C@@H]1[C@@H](Cc2ccc(OC(F)F)cc2)SC(=S)N1Cc1ccccc1. The Morgan fingerprint density at radius 3 is 2.40 bits per heavy atom. The zero-order valence-electron chi connectivity index (χ0n) is 13.2. The highest BCUT2D eigenvalue weighted by Gasteiger charge is 2.36. The van der Waals surface area contributed by atoms with Crippen molar-refractivity contribution in [2.45, 2.75) is 31.1 Å². The summed E-state index contributed by atoms with van der Waals surface area (Å²) >= 11 is 6.87. The van der Waals surface area contributed by atoms with E-state index in [2.05, 4.69) is 4.74 Å². The Hall–Kier alpha value is -1.70. The van der Waals surface area contributed by atoms with Crippen LogP contribution in [0.1, 0.15) is 11.1 Å². The molecule has 3 nitrogen and oxygen atoms in total. The van der Waals surface area contributed by atoms with E-state index in [1.165, 1.54) is 23.9 Å². The Bertz CT molecular complexity index is 713. The van der Waals surface area contributed by atoms with E-state index >= 15 is 0 Å². The summed E-state index contributed by atoms with van der Waals surface area (Å²) in [5.74, 6) is 0.125. The van der Waals surface area contributed by atoms with Gasteiger partial charge < -0.3 is 14.7 Å². The van der Waals surface area contributed by atoms with Crippen LogP contribution < -0.4 is 4.74 Å². The lowest BCUT2D eigenvalue weighted by Crippen LogP contribution is -2.36. The van der Waals surface area contributed by atoms with Crippen molar-refractivity contribution in [1.29, 1.82) is 0 Å². The summed E-state index contributed by atoms with van der Waals surface area (Å²) in [5.41, 5.74) is 2.01. The molecular weight excluding hydrogens is 364 g/mol. The molecule has 0 aliphatic carbocycles. The van der Waals surface area contributed by atoms with Crippen molar-refractivity contribution < 1.29 is 18.6 Å². The number of rotatable bonds is 6. The predicted molar refractivity (Wildman–Crippen MR) is 98.7 cm³/mol. The van der Waals surface area contributed by atoms with Crippen molar-refractivity contribution in [3.8, 4) is 5.75 Å². The van der Waals surface area contributed by atoms with Gasteiger partial charge in [0.15, 0.2) is 0 Å². The van der Waals surface area contributed by atoms with Crippen LogP contribution in [0.2, 0.25) is 0 Å². The molecule has 3 rings (SSSR count). The molecule has 0 bridgehead atoms. The lowest BCUT2D eigenvalue weighted by molar-refractivity contribution is -0.0498. The maximum Gasteiger partial charge on any atom is 0.387 e. The van der Waals surface area contributed by atoms with Gasteiger partial charge in [-0.25, -0.2) is 0 Å². The Kier molecular flexibility index (Phi) is 5.88. The monoisotopic (exact) mass is 381 g/mol. The summed E-state index contributed by atoms with van der Waals surface area (Å²) in [7, 11) is 0. The molecule has 1 fully saturated rings. The van der Waals surface area contributed by atoms with Crippen LogP contribution in [0.3, 0.4) is 0 Å². The molecule has 2 aromatic carbocycles. The van der Waals surface area contributed by atoms with Gasteiger partial charge in [-0.1, -0.05) is 66.4 Å². The minimum atomic E-state index is -2.83. The van der Waals surface area contributed by atoms with E-state index in [-0.39, 0.29) is 11.0 Å². The smallest absolute Gasteiger partial charge is 0.387 e. The third-order valence-electron chi connectivity index (χ3n) is 3.92. The molecule has 25 heavy (non-hydrogen) atoms. The average molecular weight is 381 g/mol. The molecule has 1 aliphatic rings. The van der Waals surface area contributed by atoms with Gasteiger partial charge in [-0.05, 0) is 29.7 Å². The maximum atomic E-state index is 12.2. The van der Waals surface area contributed by atoms with E-state index in [1.807, 2.05) is 35.2 Å². The molecule has 1 N–H and O–H groups in total. The number of thioether (sulfide) groups is 1. The van der Waals surface area contributed by atoms with Crippen molar-refractivity contribution in [3.63, 3.8) is 0 Å². The number of ether oxygens (including phenoxy) is 1. The Labute approximate surface area is 154 Å². The largest absolute Gasteiger partial charge is 0.435 e. The van der Waals surface area contributed by atoms with Gasteiger partial charge in [0.05, 0.1) is 5.25 Å². The molecular formula is C18H17F2NO2S2. The fourth-order valence-electron chi connectivity index (χ4n) is 2.69. The third-order valence-corrected chi connectivity index (χ3v) is 5.59. The lowest BCUT2D eigenvalue weighted by atomic mass is 10.1. The first kappa shape index (κ1) is 18.1. The van der Waals surface area contributed by atoms with Crippen molar-refractivity contribution in [2.75, 3.05) is 0 Å². The van der Waals surface area contributed by atoms with Crippen LogP contribution in [0.5, 0.6) is 5.75 Å². The van der Waals surface area contributed by atoms with Crippen LogP contribution in [-0.2, 0) is 13.0 Å². The third kappa shape index (κ3) is 4.68. The standard InChI is InChI=1S/C18H17F2NO2S2/c19-17(20)23-14-8-6-12(7-9-14)10-15-16(22)21(18(24)25-15)11-13-4-2-1-3-5-13/h1-9,15-17,22H,10-11H2/t15-,16-/m1/s1. The van der Waals surface area contributed by atoms with Gasteiger partial charge in [0.25, 0.3) is 0 Å².